The van der Waals surface area contributed by atoms with E-state index >= 15 is 0 Å². The summed E-state index contributed by atoms with van der Waals surface area (Å²) in [7, 11) is 0. The topological polar surface area (TPSA) is 49.4 Å². The van der Waals surface area contributed by atoms with Crippen LogP contribution in [0.1, 0.15) is 25.7 Å². The lowest BCUT2D eigenvalue weighted by atomic mass is 9.97. The van der Waals surface area contributed by atoms with Crippen molar-refractivity contribution in [1.29, 1.82) is 0 Å². The highest BCUT2D eigenvalue weighted by Crippen LogP contribution is 2.33. The molecule has 142 valence electrons. The number of piperidine rings is 1. The summed E-state index contributed by atoms with van der Waals surface area (Å²) in [5, 5.41) is 5.86. The Morgan fingerprint density at radius 2 is 1.93 bits per heavy atom. The largest absolute Gasteiger partial charge is 0.353 e. The first-order valence-corrected chi connectivity index (χ1v) is 10.9. The van der Waals surface area contributed by atoms with E-state index in [9.17, 15) is 9.59 Å². The molecule has 0 radical (unpaired) electrons. The molecule has 6 heteroatoms. The van der Waals surface area contributed by atoms with E-state index in [1.165, 1.54) is 11.8 Å². The predicted molar refractivity (Wildman–Crippen MR) is 110 cm³/mol. The van der Waals surface area contributed by atoms with Crippen LogP contribution in [-0.2, 0) is 9.59 Å². The number of amides is 2. The second-order valence-corrected chi connectivity index (χ2v) is 8.77. The summed E-state index contributed by atoms with van der Waals surface area (Å²) in [5.41, 5.74) is 0. The third-order valence-corrected chi connectivity index (χ3v) is 6.59. The SMILES string of the molecule is O=C(NC1CC1)C1CCCN(C(=O)CSc2cccc3cccc(Cl)c23)C1. The zero-order chi connectivity index (χ0) is 18.8. The summed E-state index contributed by atoms with van der Waals surface area (Å²) in [6, 6.07) is 12.2. The lowest BCUT2D eigenvalue weighted by Gasteiger charge is -2.32. The molecule has 1 heterocycles. The van der Waals surface area contributed by atoms with Crippen LogP contribution in [0.4, 0.5) is 0 Å². The van der Waals surface area contributed by atoms with E-state index in [-0.39, 0.29) is 17.7 Å². The van der Waals surface area contributed by atoms with Crippen molar-refractivity contribution >= 4 is 45.9 Å². The Balaban J connectivity index is 1.38. The third kappa shape index (κ3) is 4.41. The van der Waals surface area contributed by atoms with Crippen LogP contribution in [0.25, 0.3) is 10.8 Å². The molecule has 0 bridgehead atoms. The minimum Gasteiger partial charge on any atom is -0.353 e. The van der Waals surface area contributed by atoms with Gasteiger partial charge >= 0.3 is 0 Å². The van der Waals surface area contributed by atoms with Gasteiger partial charge in [-0.1, -0.05) is 35.9 Å². The first kappa shape index (κ1) is 18.6. The number of fused-ring (bicyclic) bond motifs is 1. The normalized spacial score (nSPS) is 19.9. The zero-order valence-corrected chi connectivity index (χ0v) is 16.7. The number of likely N-dealkylation sites (tertiary alicyclic amines) is 1. The predicted octanol–water partition coefficient (Wildman–Crippen LogP) is 4.10. The van der Waals surface area contributed by atoms with E-state index in [1.807, 2.05) is 41.3 Å². The maximum atomic E-state index is 12.7. The monoisotopic (exact) mass is 402 g/mol. The summed E-state index contributed by atoms with van der Waals surface area (Å²) in [6.07, 6.45) is 3.93. The van der Waals surface area contributed by atoms with E-state index in [4.69, 9.17) is 11.6 Å². The van der Waals surface area contributed by atoms with Gasteiger partial charge in [0.2, 0.25) is 11.8 Å². The second-order valence-electron chi connectivity index (χ2n) is 7.34. The molecule has 4 rings (SSSR count). The molecule has 2 aliphatic rings. The summed E-state index contributed by atoms with van der Waals surface area (Å²) in [5.74, 6) is 0.498. The van der Waals surface area contributed by atoms with E-state index < -0.39 is 0 Å². The molecule has 1 aliphatic heterocycles. The van der Waals surface area contributed by atoms with Crippen molar-refractivity contribution < 1.29 is 9.59 Å². The molecule has 2 fully saturated rings. The van der Waals surface area contributed by atoms with Crippen molar-refractivity contribution in [2.75, 3.05) is 18.8 Å². The maximum Gasteiger partial charge on any atom is 0.232 e. The molecule has 1 unspecified atom stereocenters. The van der Waals surface area contributed by atoms with Crippen molar-refractivity contribution in [3.8, 4) is 0 Å². The number of hydrogen-bond acceptors (Lipinski definition) is 3. The van der Waals surface area contributed by atoms with Gasteiger partial charge < -0.3 is 10.2 Å². The van der Waals surface area contributed by atoms with E-state index in [2.05, 4.69) is 5.32 Å². The van der Waals surface area contributed by atoms with Crippen LogP contribution in [0, 0.1) is 5.92 Å². The number of hydrogen-bond donors (Lipinski definition) is 1. The van der Waals surface area contributed by atoms with Crippen LogP contribution in [0.2, 0.25) is 5.02 Å². The van der Waals surface area contributed by atoms with Gasteiger partial charge in [-0.2, -0.15) is 0 Å². The molecule has 2 aromatic rings. The molecule has 0 spiro atoms. The van der Waals surface area contributed by atoms with Crippen molar-refractivity contribution in [3.05, 3.63) is 41.4 Å². The Morgan fingerprint density at radius 1 is 1.15 bits per heavy atom. The molecule has 1 N–H and O–H groups in total. The fourth-order valence-corrected chi connectivity index (χ4v) is 4.93. The fourth-order valence-electron chi connectivity index (χ4n) is 3.58. The van der Waals surface area contributed by atoms with Gasteiger partial charge in [-0.05, 0) is 43.2 Å². The van der Waals surface area contributed by atoms with Gasteiger partial charge in [0, 0.05) is 34.4 Å². The Hall–Kier alpha value is -1.72. The number of thioether (sulfide) groups is 1. The highest BCUT2D eigenvalue weighted by Gasteiger charge is 2.31. The molecule has 27 heavy (non-hydrogen) atoms. The van der Waals surface area contributed by atoms with Crippen LogP contribution in [-0.4, -0.2) is 41.6 Å². The number of rotatable bonds is 5. The Labute approximate surface area is 168 Å². The first-order chi connectivity index (χ1) is 13.1. The zero-order valence-electron chi connectivity index (χ0n) is 15.1. The van der Waals surface area contributed by atoms with Gasteiger partial charge in [-0.25, -0.2) is 0 Å². The molecule has 1 aliphatic carbocycles. The summed E-state index contributed by atoms with van der Waals surface area (Å²) >= 11 is 7.89. The lowest BCUT2D eigenvalue weighted by molar-refractivity contribution is -0.133. The standard InChI is InChI=1S/C21H23ClN2O2S/c22-17-7-1-4-14-5-2-8-18(20(14)17)27-13-19(25)24-11-3-6-15(12-24)21(26)23-16-9-10-16/h1-2,4-5,7-8,15-16H,3,6,9-13H2,(H,23,26). The maximum absolute atomic E-state index is 12.7. The highest BCUT2D eigenvalue weighted by atomic mass is 35.5. The Kier molecular flexibility index (Phi) is 5.60. The minimum atomic E-state index is -0.0692. The number of carbonyl (C=O) groups excluding carboxylic acids is 2. The smallest absolute Gasteiger partial charge is 0.232 e. The van der Waals surface area contributed by atoms with Crippen molar-refractivity contribution in [2.45, 2.75) is 36.6 Å². The summed E-state index contributed by atoms with van der Waals surface area (Å²) in [4.78, 5) is 27.9. The summed E-state index contributed by atoms with van der Waals surface area (Å²) in [6.45, 7) is 1.27. The van der Waals surface area contributed by atoms with Crippen LogP contribution < -0.4 is 5.32 Å². The van der Waals surface area contributed by atoms with Gasteiger partial charge in [-0.15, -0.1) is 11.8 Å². The van der Waals surface area contributed by atoms with Crippen molar-refractivity contribution in [1.82, 2.24) is 10.2 Å². The molecule has 2 aromatic carbocycles. The lowest BCUT2D eigenvalue weighted by Crippen LogP contribution is -2.46. The fraction of sp³-hybridized carbons (Fsp3) is 0.429. The van der Waals surface area contributed by atoms with Crippen LogP contribution in [0.15, 0.2) is 41.3 Å². The third-order valence-electron chi connectivity index (χ3n) is 5.24. The number of nitrogens with one attached hydrogen (secondary N) is 1. The quantitative estimate of drug-likeness (QED) is 0.766. The average molecular weight is 403 g/mol. The van der Waals surface area contributed by atoms with Crippen molar-refractivity contribution in [3.63, 3.8) is 0 Å². The van der Waals surface area contributed by atoms with E-state index in [0.29, 0.717) is 23.4 Å². The van der Waals surface area contributed by atoms with Gasteiger partial charge in [0.25, 0.3) is 0 Å². The molecular formula is C21H23ClN2O2S. The highest BCUT2D eigenvalue weighted by molar-refractivity contribution is 8.00. The molecular weight excluding hydrogens is 380 g/mol. The number of nitrogens with zero attached hydrogens (tertiary/aromatic N) is 1. The molecule has 1 saturated carbocycles. The average Bonchev–Trinajstić information content (AvgIpc) is 3.50. The van der Waals surface area contributed by atoms with Gasteiger partial charge in [0.05, 0.1) is 11.7 Å². The second kappa shape index (κ2) is 8.11. The van der Waals surface area contributed by atoms with E-state index in [1.54, 1.807) is 0 Å². The number of halogens is 1. The Bertz CT molecular complexity index is 863. The number of benzene rings is 2. The van der Waals surface area contributed by atoms with Crippen LogP contribution >= 0.6 is 23.4 Å². The van der Waals surface area contributed by atoms with Crippen molar-refractivity contribution in [2.24, 2.45) is 5.92 Å². The molecule has 0 aromatic heterocycles. The minimum absolute atomic E-state index is 0.0692. The van der Waals surface area contributed by atoms with Crippen LogP contribution in [0.5, 0.6) is 0 Å². The molecule has 1 atom stereocenters. The summed E-state index contributed by atoms with van der Waals surface area (Å²) < 4.78 is 0. The molecule has 1 saturated heterocycles. The van der Waals surface area contributed by atoms with Gasteiger partial charge in [0.1, 0.15) is 0 Å². The van der Waals surface area contributed by atoms with E-state index in [0.717, 1.165) is 47.9 Å². The Morgan fingerprint density at radius 3 is 2.70 bits per heavy atom. The van der Waals surface area contributed by atoms with Gasteiger partial charge in [-0.3, -0.25) is 9.59 Å². The van der Waals surface area contributed by atoms with Gasteiger partial charge in [0.15, 0.2) is 0 Å². The molecule has 2 amide bonds. The molecule has 4 nitrogen and oxygen atoms in total. The first-order valence-electron chi connectivity index (χ1n) is 9.50. The number of carbonyl (C=O) groups is 2. The van der Waals surface area contributed by atoms with Crippen LogP contribution in [0.3, 0.4) is 0 Å².